The maximum Gasteiger partial charge on any atom is 0.252 e. The molecule has 0 saturated heterocycles. The normalized spacial score (nSPS) is 10.5. The van der Waals surface area contributed by atoms with Crippen LogP contribution in [0.25, 0.3) is 0 Å². The summed E-state index contributed by atoms with van der Waals surface area (Å²) < 4.78 is 11.2. The van der Waals surface area contributed by atoms with Crippen molar-refractivity contribution >= 4 is 51.6 Å². The second-order valence-corrected chi connectivity index (χ2v) is 6.09. The summed E-state index contributed by atoms with van der Waals surface area (Å²) in [5.74, 6) is 0.685. The van der Waals surface area contributed by atoms with Crippen molar-refractivity contribution in [3.63, 3.8) is 0 Å². The van der Waals surface area contributed by atoms with E-state index in [0.29, 0.717) is 28.2 Å². The zero-order chi connectivity index (χ0) is 17.0. The van der Waals surface area contributed by atoms with Gasteiger partial charge in [-0.1, -0.05) is 40.9 Å². The van der Waals surface area contributed by atoms with Gasteiger partial charge in [-0.25, -0.2) is 0 Å². The van der Waals surface area contributed by atoms with Crippen LogP contribution in [-0.2, 0) is 6.61 Å². The quantitative estimate of drug-likeness (QED) is 0.564. The Kier molecular flexibility index (Phi) is 6.42. The maximum atomic E-state index is 11.3. The molecule has 0 atom stereocenters. The topological polar surface area (TPSA) is 35.5 Å². The molecular weight excluding hydrogens is 382 g/mol. The Morgan fingerprint density at radius 3 is 2.35 bits per heavy atom. The highest BCUT2D eigenvalue weighted by Crippen LogP contribution is 2.37. The second kappa shape index (κ2) is 8.11. The van der Waals surface area contributed by atoms with E-state index in [1.54, 1.807) is 18.2 Å². The Hall–Kier alpha value is -1.13. The molecule has 23 heavy (non-hydrogen) atoms. The van der Waals surface area contributed by atoms with E-state index in [-0.39, 0.29) is 17.2 Å². The smallest absolute Gasteiger partial charge is 0.252 e. The first-order valence-corrected chi connectivity index (χ1v) is 8.16. The van der Waals surface area contributed by atoms with Crippen LogP contribution in [0.4, 0.5) is 0 Å². The van der Waals surface area contributed by atoms with Crippen molar-refractivity contribution in [1.29, 1.82) is 0 Å². The minimum atomic E-state index is -0.621. The number of hydrogen-bond donors (Lipinski definition) is 0. The van der Waals surface area contributed by atoms with Crippen LogP contribution in [0.5, 0.6) is 11.5 Å². The number of rotatable bonds is 6. The lowest BCUT2D eigenvalue weighted by Crippen LogP contribution is -2.02. The number of halogens is 4. The van der Waals surface area contributed by atoms with E-state index in [0.717, 1.165) is 5.56 Å². The first-order valence-electron chi connectivity index (χ1n) is 6.65. The number of hydrogen-bond acceptors (Lipinski definition) is 3. The van der Waals surface area contributed by atoms with Crippen LogP contribution in [0.15, 0.2) is 30.3 Å². The molecule has 0 unspecified atom stereocenters. The van der Waals surface area contributed by atoms with Crippen molar-refractivity contribution in [3.8, 4) is 11.5 Å². The third-order valence-corrected chi connectivity index (χ3v) is 4.14. The molecule has 0 aliphatic carbocycles. The Morgan fingerprint density at radius 2 is 1.74 bits per heavy atom. The predicted octanol–water partition coefficient (Wildman–Crippen LogP) is 6.00. The van der Waals surface area contributed by atoms with Crippen LogP contribution in [0.3, 0.4) is 0 Å². The first kappa shape index (κ1) is 18.2. The van der Waals surface area contributed by atoms with Gasteiger partial charge < -0.3 is 9.47 Å². The highest BCUT2D eigenvalue weighted by atomic mass is 35.5. The SMILES string of the molecule is CCOc1cc(C(=O)Cl)cc(Cl)c1OCc1ccc(Cl)c(Cl)c1. The van der Waals surface area contributed by atoms with Gasteiger partial charge in [-0.3, -0.25) is 4.79 Å². The lowest BCUT2D eigenvalue weighted by Gasteiger charge is -2.14. The van der Waals surface area contributed by atoms with Crippen LogP contribution >= 0.6 is 46.4 Å². The second-order valence-electron chi connectivity index (χ2n) is 4.53. The number of benzene rings is 2. The highest BCUT2D eigenvalue weighted by molar-refractivity contribution is 6.67. The molecule has 0 fully saturated rings. The van der Waals surface area contributed by atoms with E-state index >= 15 is 0 Å². The summed E-state index contributed by atoms with van der Waals surface area (Å²) in [6, 6.07) is 8.11. The Bertz CT molecular complexity index is 732. The van der Waals surface area contributed by atoms with Gasteiger partial charge in [0, 0.05) is 5.56 Å². The van der Waals surface area contributed by atoms with Gasteiger partial charge in [0.05, 0.1) is 21.7 Å². The zero-order valence-electron chi connectivity index (χ0n) is 12.0. The maximum absolute atomic E-state index is 11.3. The Morgan fingerprint density at radius 1 is 1.00 bits per heavy atom. The number of ether oxygens (including phenoxy) is 2. The summed E-state index contributed by atoms with van der Waals surface area (Å²) >= 11 is 23.5. The summed E-state index contributed by atoms with van der Waals surface area (Å²) in [6.07, 6.45) is 0. The van der Waals surface area contributed by atoms with E-state index in [4.69, 9.17) is 55.9 Å². The van der Waals surface area contributed by atoms with Crippen LogP contribution in [0.2, 0.25) is 15.1 Å². The summed E-state index contributed by atoms with van der Waals surface area (Å²) in [5, 5.41) is 0.518. The van der Waals surface area contributed by atoms with Crippen molar-refractivity contribution in [2.75, 3.05) is 6.61 Å². The summed E-state index contributed by atoms with van der Waals surface area (Å²) in [4.78, 5) is 11.3. The molecule has 0 heterocycles. The van der Waals surface area contributed by atoms with E-state index in [2.05, 4.69) is 0 Å². The fourth-order valence-corrected chi connectivity index (χ4v) is 2.56. The van der Waals surface area contributed by atoms with E-state index < -0.39 is 5.24 Å². The molecule has 0 spiro atoms. The monoisotopic (exact) mass is 392 g/mol. The lowest BCUT2D eigenvalue weighted by molar-refractivity contribution is 0.108. The van der Waals surface area contributed by atoms with Crippen LogP contribution in [0, 0.1) is 0 Å². The van der Waals surface area contributed by atoms with Crippen LogP contribution in [-0.4, -0.2) is 11.8 Å². The van der Waals surface area contributed by atoms with Gasteiger partial charge >= 0.3 is 0 Å². The van der Waals surface area contributed by atoms with Crippen molar-refractivity contribution in [2.24, 2.45) is 0 Å². The molecular formula is C16H12Cl4O3. The first-order chi connectivity index (χ1) is 10.9. The van der Waals surface area contributed by atoms with Gasteiger partial charge in [-0.05, 0) is 48.4 Å². The molecule has 0 radical (unpaired) electrons. The van der Waals surface area contributed by atoms with Crippen molar-refractivity contribution in [1.82, 2.24) is 0 Å². The van der Waals surface area contributed by atoms with Gasteiger partial charge in [-0.15, -0.1) is 0 Å². The van der Waals surface area contributed by atoms with Crippen LogP contribution in [0.1, 0.15) is 22.8 Å². The van der Waals surface area contributed by atoms with Gasteiger partial charge in [-0.2, -0.15) is 0 Å². The number of carbonyl (C=O) groups excluding carboxylic acids is 1. The largest absolute Gasteiger partial charge is 0.490 e. The fraction of sp³-hybridized carbons (Fsp3) is 0.188. The minimum absolute atomic E-state index is 0.213. The average molecular weight is 394 g/mol. The molecule has 7 heteroatoms. The molecule has 0 N–H and O–H groups in total. The molecule has 122 valence electrons. The average Bonchev–Trinajstić information content (AvgIpc) is 2.49. The highest BCUT2D eigenvalue weighted by Gasteiger charge is 2.15. The van der Waals surface area contributed by atoms with E-state index in [1.165, 1.54) is 12.1 Å². The minimum Gasteiger partial charge on any atom is -0.490 e. The lowest BCUT2D eigenvalue weighted by atomic mass is 10.2. The molecule has 0 aliphatic heterocycles. The molecule has 0 aromatic heterocycles. The molecule has 0 amide bonds. The standard InChI is InChI=1S/C16H12Cl4O3/c1-2-22-14-7-10(16(20)21)6-13(19)15(14)23-8-9-3-4-11(17)12(18)5-9/h3-7H,2,8H2,1H3. The van der Waals surface area contributed by atoms with Gasteiger partial charge in [0.1, 0.15) is 6.61 Å². The summed E-state index contributed by atoms with van der Waals surface area (Å²) in [5.41, 5.74) is 1.05. The van der Waals surface area contributed by atoms with Gasteiger partial charge in [0.2, 0.25) is 0 Å². The summed E-state index contributed by atoms with van der Waals surface area (Å²) in [6.45, 7) is 2.41. The third kappa shape index (κ3) is 4.67. The van der Waals surface area contributed by atoms with Gasteiger partial charge in [0.25, 0.3) is 5.24 Å². The molecule has 2 aromatic carbocycles. The molecule has 0 aliphatic rings. The molecule has 3 nitrogen and oxygen atoms in total. The van der Waals surface area contributed by atoms with E-state index in [9.17, 15) is 4.79 Å². The molecule has 2 rings (SSSR count). The van der Waals surface area contributed by atoms with Crippen molar-refractivity contribution < 1.29 is 14.3 Å². The molecule has 0 saturated carbocycles. The van der Waals surface area contributed by atoms with Crippen molar-refractivity contribution in [2.45, 2.75) is 13.5 Å². The number of carbonyl (C=O) groups is 1. The summed E-state index contributed by atoms with van der Waals surface area (Å²) in [7, 11) is 0. The molecule has 0 bridgehead atoms. The third-order valence-electron chi connectivity index (χ3n) is 2.90. The Balaban J connectivity index is 2.27. The molecule has 2 aromatic rings. The Labute approximate surface area is 154 Å². The van der Waals surface area contributed by atoms with Crippen molar-refractivity contribution in [3.05, 3.63) is 56.5 Å². The fourth-order valence-electron chi connectivity index (χ4n) is 1.87. The zero-order valence-corrected chi connectivity index (χ0v) is 15.1. The van der Waals surface area contributed by atoms with Gasteiger partial charge in [0.15, 0.2) is 11.5 Å². The van der Waals surface area contributed by atoms with Crippen LogP contribution < -0.4 is 9.47 Å². The van der Waals surface area contributed by atoms with E-state index in [1.807, 2.05) is 6.92 Å². The predicted molar refractivity (Wildman–Crippen MR) is 93.6 cm³/mol.